The summed E-state index contributed by atoms with van der Waals surface area (Å²) in [7, 11) is 1.21. The van der Waals surface area contributed by atoms with E-state index in [1.165, 1.54) is 14.0 Å². The predicted molar refractivity (Wildman–Crippen MR) is 69.1 cm³/mol. The topological polar surface area (TPSA) is 46.6 Å². The average molecular weight is 303 g/mol. The predicted octanol–water partition coefficient (Wildman–Crippen LogP) is 2.52. The van der Waals surface area contributed by atoms with Crippen molar-refractivity contribution in [2.24, 2.45) is 0 Å². The van der Waals surface area contributed by atoms with Crippen molar-refractivity contribution in [3.8, 4) is 0 Å². The molecule has 1 aromatic rings. The number of rotatable bonds is 4. The third-order valence-electron chi connectivity index (χ3n) is 2.82. The maximum Gasteiger partial charge on any atom is 0.328 e. The first-order valence-corrected chi connectivity index (χ1v) is 6.27. The van der Waals surface area contributed by atoms with Gasteiger partial charge in [-0.2, -0.15) is 0 Å². The van der Waals surface area contributed by atoms with E-state index in [9.17, 15) is 22.8 Å². The van der Waals surface area contributed by atoms with Gasteiger partial charge in [0.2, 0.25) is 0 Å². The third-order valence-corrected chi connectivity index (χ3v) is 2.82. The van der Waals surface area contributed by atoms with Crippen LogP contribution in [0, 0.1) is 17.5 Å². The number of benzene rings is 1. The molecule has 0 aliphatic carbocycles. The van der Waals surface area contributed by atoms with E-state index in [-0.39, 0.29) is 6.10 Å². The van der Waals surface area contributed by atoms with Gasteiger partial charge in [0.05, 0.1) is 6.10 Å². The smallest absolute Gasteiger partial charge is 0.328 e. The van der Waals surface area contributed by atoms with Crippen LogP contribution in [0.2, 0.25) is 0 Å². The first-order chi connectivity index (χ1) is 9.65. The van der Waals surface area contributed by atoms with Crippen molar-refractivity contribution in [1.29, 1.82) is 0 Å². The minimum absolute atomic E-state index is 0.386. The molecule has 0 aliphatic heterocycles. The van der Waals surface area contributed by atoms with Crippen molar-refractivity contribution in [3.05, 3.63) is 35.1 Å². The van der Waals surface area contributed by atoms with Crippen molar-refractivity contribution in [1.82, 2.24) is 4.90 Å². The normalized spacial score (nSPS) is 12.2. The number of hydrogen-bond acceptors (Lipinski definition) is 3. The summed E-state index contributed by atoms with van der Waals surface area (Å²) in [6.45, 7) is 4.62. The molecule has 0 heterocycles. The summed E-state index contributed by atoms with van der Waals surface area (Å²) in [6, 6.07) is -0.230. The quantitative estimate of drug-likeness (QED) is 0.803. The van der Waals surface area contributed by atoms with E-state index in [1.54, 1.807) is 13.8 Å². The molecule has 0 bridgehead atoms. The molecule has 0 aromatic heterocycles. The molecular formula is C14H16F3NO3. The first-order valence-electron chi connectivity index (χ1n) is 6.27. The van der Waals surface area contributed by atoms with E-state index in [1.807, 2.05) is 0 Å². The molecular weight excluding hydrogens is 287 g/mol. The standard InChI is InChI=1S/C14H16F3NO3/c1-7(2)21-14(20)8(3)18(4)13(19)12-10(16)5-9(15)6-11(12)17/h5-8H,1-4H3. The van der Waals surface area contributed by atoms with E-state index in [0.29, 0.717) is 12.1 Å². The highest BCUT2D eigenvalue weighted by atomic mass is 19.1. The van der Waals surface area contributed by atoms with E-state index in [2.05, 4.69) is 0 Å². The molecule has 1 rings (SSSR count). The molecule has 1 atom stereocenters. The van der Waals surface area contributed by atoms with Crippen LogP contribution >= 0.6 is 0 Å². The van der Waals surface area contributed by atoms with Crippen LogP contribution in [0.3, 0.4) is 0 Å². The Morgan fingerprint density at radius 3 is 2.00 bits per heavy atom. The Morgan fingerprint density at radius 2 is 1.57 bits per heavy atom. The highest BCUT2D eigenvalue weighted by molar-refractivity contribution is 5.97. The molecule has 0 spiro atoms. The second-order valence-electron chi connectivity index (χ2n) is 4.82. The zero-order valence-electron chi connectivity index (χ0n) is 12.1. The van der Waals surface area contributed by atoms with Crippen LogP contribution in [-0.2, 0) is 9.53 Å². The van der Waals surface area contributed by atoms with Crippen LogP contribution in [0.15, 0.2) is 12.1 Å². The van der Waals surface area contributed by atoms with E-state index in [4.69, 9.17) is 4.74 Å². The molecule has 1 amide bonds. The van der Waals surface area contributed by atoms with E-state index in [0.717, 1.165) is 4.90 Å². The Morgan fingerprint density at radius 1 is 1.10 bits per heavy atom. The molecule has 0 saturated carbocycles. The van der Waals surface area contributed by atoms with Gasteiger partial charge in [-0.1, -0.05) is 0 Å². The molecule has 116 valence electrons. The van der Waals surface area contributed by atoms with Crippen LogP contribution in [0.25, 0.3) is 0 Å². The van der Waals surface area contributed by atoms with Gasteiger partial charge in [0.1, 0.15) is 29.1 Å². The number of amides is 1. The molecule has 1 unspecified atom stereocenters. The number of halogens is 3. The fourth-order valence-corrected chi connectivity index (χ4v) is 1.59. The SMILES string of the molecule is CC(C)OC(=O)C(C)N(C)C(=O)c1c(F)cc(F)cc1F. The number of esters is 1. The van der Waals surface area contributed by atoms with Crippen molar-refractivity contribution in [2.75, 3.05) is 7.05 Å². The van der Waals surface area contributed by atoms with Gasteiger partial charge >= 0.3 is 5.97 Å². The zero-order chi connectivity index (χ0) is 16.3. The monoisotopic (exact) mass is 303 g/mol. The van der Waals surface area contributed by atoms with Crippen LogP contribution in [0.4, 0.5) is 13.2 Å². The number of ether oxygens (including phenoxy) is 1. The van der Waals surface area contributed by atoms with Gasteiger partial charge in [-0.25, -0.2) is 18.0 Å². The fraction of sp³-hybridized carbons (Fsp3) is 0.429. The second-order valence-corrected chi connectivity index (χ2v) is 4.82. The highest BCUT2D eigenvalue weighted by Crippen LogP contribution is 2.18. The molecule has 1 aromatic carbocycles. The summed E-state index contributed by atoms with van der Waals surface area (Å²) < 4.78 is 44.8. The molecule has 7 heteroatoms. The fourth-order valence-electron chi connectivity index (χ4n) is 1.59. The Balaban J connectivity index is 3.01. The molecule has 4 nitrogen and oxygen atoms in total. The van der Waals surface area contributed by atoms with Crippen molar-refractivity contribution < 1.29 is 27.5 Å². The third kappa shape index (κ3) is 3.96. The van der Waals surface area contributed by atoms with Crippen LogP contribution in [0.1, 0.15) is 31.1 Å². The number of carbonyl (C=O) groups is 2. The van der Waals surface area contributed by atoms with Gasteiger partial charge in [0.25, 0.3) is 5.91 Å². The lowest BCUT2D eigenvalue weighted by Gasteiger charge is -2.24. The maximum atomic E-state index is 13.6. The molecule has 0 aliphatic rings. The molecule has 0 N–H and O–H groups in total. The summed E-state index contributed by atoms with van der Waals surface area (Å²) in [5.74, 6) is -5.55. The Kier molecular flexibility index (Phi) is 5.34. The number of hydrogen-bond donors (Lipinski definition) is 0. The van der Waals surface area contributed by atoms with Gasteiger partial charge in [-0.3, -0.25) is 4.79 Å². The summed E-state index contributed by atoms with van der Waals surface area (Å²) >= 11 is 0. The largest absolute Gasteiger partial charge is 0.461 e. The maximum absolute atomic E-state index is 13.6. The number of likely N-dealkylation sites (N-methyl/N-ethyl adjacent to an activating group) is 1. The van der Waals surface area contributed by atoms with Crippen LogP contribution in [0.5, 0.6) is 0 Å². The first kappa shape index (κ1) is 17.0. The van der Waals surface area contributed by atoms with Crippen molar-refractivity contribution in [3.63, 3.8) is 0 Å². The van der Waals surface area contributed by atoms with Crippen LogP contribution in [-0.4, -0.2) is 36.0 Å². The summed E-state index contributed by atoms with van der Waals surface area (Å²) in [5, 5.41) is 0. The molecule has 0 saturated heterocycles. The summed E-state index contributed by atoms with van der Waals surface area (Å²) in [5.41, 5.74) is -0.914. The molecule has 0 fully saturated rings. The zero-order valence-corrected chi connectivity index (χ0v) is 12.1. The molecule has 0 radical (unpaired) electrons. The highest BCUT2D eigenvalue weighted by Gasteiger charge is 2.29. The minimum atomic E-state index is -1.33. The second kappa shape index (κ2) is 6.60. The Labute approximate surface area is 120 Å². The Bertz CT molecular complexity index is 537. The summed E-state index contributed by atoms with van der Waals surface area (Å²) in [4.78, 5) is 24.6. The lowest BCUT2D eigenvalue weighted by molar-refractivity contribution is -0.151. The van der Waals surface area contributed by atoms with Gasteiger partial charge in [0.15, 0.2) is 0 Å². The van der Waals surface area contributed by atoms with Crippen molar-refractivity contribution in [2.45, 2.75) is 32.9 Å². The van der Waals surface area contributed by atoms with Gasteiger partial charge < -0.3 is 9.64 Å². The Hall–Kier alpha value is -2.05. The lowest BCUT2D eigenvalue weighted by Crippen LogP contribution is -2.42. The van der Waals surface area contributed by atoms with Gasteiger partial charge in [-0.05, 0) is 20.8 Å². The van der Waals surface area contributed by atoms with Gasteiger partial charge in [-0.15, -0.1) is 0 Å². The minimum Gasteiger partial charge on any atom is -0.461 e. The average Bonchev–Trinajstić information content (AvgIpc) is 2.34. The summed E-state index contributed by atoms with van der Waals surface area (Å²) in [6.07, 6.45) is -0.386. The van der Waals surface area contributed by atoms with E-state index < -0.39 is 40.9 Å². The van der Waals surface area contributed by atoms with Crippen LogP contribution < -0.4 is 0 Å². The number of nitrogens with zero attached hydrogens (tertiary/aromatic N) is 1. The number of carbonyl (C=O) groups excluding carboxylic acids is 2. The van der Waals surface area contributed by atoms with E-state index >= 15 is 0 Å². The molecule has 21 heavy (non-hydrogen) atoms. The van der Waals surface area contributed by atoms with Gasteiger partial charge in [0, 0.05) is 19.2 Å². The van der Waals surface area contributed by atoms with Crippen molar-refractivity contribution >= 4 is 11.9 Å². The lowest BCUT2D eigenvalue weighted by atomic mass is 10.1.